The summed E-state index contributed by atoms with van der Waals surface area (Å²) in [5.41, 5.74) is 0.157. The minimum absolute atomic E-state index is 0.0224. The lowest BCUT2D eigenvalue weighted by atomic mass is 10.1. The molecule has 0 bridgehead atoms. The standard InChI is InChI=1S/C8H17NO2/c1-8(2,3)9-4-7(5-10)11-6-9/h7,10H,4-6H2,1-3H3/t7-/m0/s1. The normalized spacial score (nSPS) is 27.8. The van der Waals surface area contributed by atoms with E-state index in [2.05, 4.69) is 25.7 Å². The third-order valence-electron chi connectivity index (χ3n) is 2.04. The maximum Gasteiger partial charge on any atom is 0.100 e. The molecule has 1 rings (SSSR count). The summed E-state index contributed by atoms with van der Waals surface area (Å²) in [5.74, 6) is 0. The molecule has 1 aliphatic rings. The smallest absolute Gasteiger partial charge is 0.100 e. The Labute approximate surface area is 68.0 Å². The van der Waals surface area contributed by atoms with E-state index in [4.69, 9.17) is 9.84 Å². The Morgan fingerprint density at radius 3 is 2.45 bits per heavy atom. The lowest BCUT2D eigenvalue weighted by Crippen LogP contribution is -2.40. The first-order valence-corrected chi connectivity index (χ1v) is 4.01. The number of nitrogens with zero attached hydrogens (tertiary/aromatic N) is 1. The summed E-state index contributed by atoms with van der Waals surface area (Å²) in [7, 11) is 0. The number of ether oxygens (including phenoxy) is 1. The molecule has 0 aliphatic carbocycles. The molecular formula is C8H17NO2. The molecule has 0 radical (unpaired) electrons. The third-order valence-corrected chi connectivity index (χ3v) is 2.04. The van der Waals surface area contributed by atoms with Crippen LogP contribution in [0.3, 0.4) is 0 Å². The van der Waals surface area contributed by atoms with E-state index in [1.54, 1.807) is 0 Å². The quantitative estimate of drug-likeness (QED) is 0.602. The van der Waals surface area contributed by atoms with Crippen molar-refractivity contribution in [2.24, 2.45) is 0 Å². The molecule has 0 saturated carbocycles. The molecule has 3 nitrogen and oxygen atoms in total. The van der Waals surface area contributed by atoms with Crippen molar-refractivity contribution in [2.75, 3.05) is 19.9 Å². The number of aliphatic hydroxyl groups excluding tert-OH is 1. The van der Waals surface area contributed by atoms with Gasteiger partial charge in [-0.2, -0.15) is 0 Å². The lowest BCUT2D eigenvalue weighted by molar-refractivity contribution is 0.0382. The minimum atomic E-state index is 0.0224. The Balaban J connectivity index is 2.42. The Morgan fingerprint density at radius 1 is 1.55 bits per heavy atom. The molecule has 1 N–H and O–H groups in total. The molecule has 0 aromatic rings. The maximum atomic E-state index is 8.80. The first kappa shape index (κ1) is 8.97. The van der Waals surface area contributed by atoms with Crippen LogP contribution in [0, 0.1) is 0 Å². The number of hydrogen-bond acceptors (Lipinski definition) is 3. The molecule has 66 valence electrons. The van der Waals surface area contributed by atoms with Crippen molar-refractivity contribution < 1.29 is 9.84 Å². The van der Waals surface area contributed by atoms with E-state index in [0.29, 0.717) is 6.73 Å². The van der Waals surface area contributed by atoms with Gasteiger partial charge in [-0.3, -0.25) is 4.90 Å². The van der Waals surface area contributed by atoms with Crippen molar-refractivity contribution >= 4 is 0 Å². The van der Waals surface area contributed by atoms with Crippen LogP contribution in [0.2, 0.25) is 0 Å². The van der Waals surface area contributed by atoms with Gasteiger partial charge in [-0.05, 0) is 20.8 Å². The summed E-state index contributed by atoms with van der Waals surface area (Å²) < 4.78 is 5.32. The van der Waals surface area contributed by atoms with E-state index in [9.17, 15) is 0 Å². The van der Waals surface area contributed by atoms with Crippen molar-refractivity contribution in [2.45, 2.75) is 32.4 Å². The Kier molecular flexibility index (Phi) is 2.52. The first-order chi connectivity index (χ1) is 5.04. The molecule has 11 heavy (non-hydrogen) atoms. The molecule has 1 heterocycles. The minimum Gasteiger partial charge on any atom is -0.394 e. The van der Waals surface area contributed by atoms with E-state index in [1.165, 1.54) is 0 Å². The molecule has 1 saturated heterocycles. The molecule has 0 amide bonds. The highest BCUT2D eigenvalue weighted by atomic mass is 16.5. The van der Waals surface area contributed by atoms with Crippen molar-refractivity contribution in [3.05, 3.63) is 0 Å². The molecule has 1 atom stereocenters. The van der Waals surface area contributed by atoms with Crippen LogP contribution in [0.25, 0.3) is 0 Å². The van der Waals surface area contributed by atoms with Crippen molar-refractivity contribution in [3.63, 3.8) is 0 Å². The fraction of sp³-hybridized carbons (Fsp3) is 1.00. The summed E-state index contributed by atoms with van der Waals surface area (Å²) in [6.07, 6.45) is 0.0224. The van der Waals surface area contributed by atoms with Gasteiger partial charge in [0.1, 0.15) is 6.73 Å². The monoisotopic (exact) mass is 159 g/mol. The van der Waals surface area contributed by atoms with Gasteiger partial charge in [-0.1, -0.05) is 0 Å². The fourth-order valence-corrected chi connectivity index (χ4v) is 1.12. The largest absolute Gasteiger partial charge is 0.394 e. The Morgan fingerprint density at radius 2 is 2.18 bits per heavy atom. The average molecular weight is 159 g/mol. The van der Waals surface area contributed by atoms with Gasteiger partial charge < -0.3 is 9.84 Å². The highest BCUT2D eigenvalue weighted by Crippen LogP contribution is 2.19. The fourth-order valence-electron chi connectivity index (χ4n) is 1.12. The zero-order valence-electron chi connectivity index (χ0n) is 7.50. The molecule has 3 heteroatoms. The van der Waals surface area contributed by atoms with Crippen LogP contribution in [0.4, 0.5) is 0 Å². The van der Waals surface area contributed by atoms with Gasteiger partial charge in [-0.15, -0.1) is 0 Å². The number of hydrogen-bond donors (Lipinski definition) is 1. The van der Waals surface area contributed by atoms with Gasteiger partial charge >= 0.3 is 0 Å². The zero-order chi connectivity index (χ0) is 8.48. The molecule has 0 aromatic heterocycles. The van der Waals surface area contributed by atoms with Crippen LogP contribution >= 0.6 is 0 Å². The van der Waals surface area contributed by atoms with Crippen LogP contribution in [0.5, 0.6) is 0 Å². The second-order valence-corrected chi connectivity index (χ2v) is 3.99. The summed E-state index contributed by atoms with van der Waals surface area (Å²) in [5, 5.41) is 8.80. The molecule has 1 fully saturated rings. The number of rotatable bonds is 1. The van der Waals surface area contributed by atoms with Gasteiger partial charge in [0, 0.05) is 12.1 Å². The van der Waals surface area contributed by atoms with Crippen LogP contribution in [0.15, 0.2) is 0 Å². The summed E-state index contributed by atoms with van der Waals surface area (Å²) in [6.45, 7) is 8.07. The predicted octanol–water partition coefficient (Wildman–Crippen LogP) is 0.435. The second kappa shape index (κ2) is 3.09. The molecule has 1 aliphatic heterocycles. The van der Waals surface area contributed by atoms with E-state index < -0.39 is 0 Å². The van der Waals surface area contributed by atoms with E-state index in [1.807, 2.05) is 0 Å². The number of aliphatic hydroxyl groups is 1. The van der Waals surface area contributed by atoms with Crippen LogP contribution in [-0.4, -0.2) is 41.5 Å². The van der Waals surface area contributed by atoms with E-state index in [-0.39, 0.29) is 18.2 Å². The zero-order valence-corrected chi connectivity index (χ0v) is 7.50. The van der Waals surface area contributed by atoms with Gasteiger partial charge in [0.15, 0.2) is 0 Å². The highest BCUT2D eigenvalue weighted by Gasteiger charge is 2.30. The molecule has 0 unspecified atom stereocenters. The predicted molar refractivity (Wildman–Crippen MR) is 43.3 cm³/mol. The van der Waals surface area contributed by atoms with Gasteiger partial charge in [0.2, 0.25) is 0 Å². The van der Waals surface area contributed by atoms with Crippen molar-refractivity contribution in [3.8, 4) is 0 Å². The van der Waals surface area contributed by atoms with Gasteiger partial charge in [0.05, 0.1) is 12.7 Å². The first-order valence-electron chi connectivity index (χ1n) is 4.01. The summed E-state index contributed by atoms with van der Waals surface area (Å²) >= 11 is 0. The van der Waals surface area contributed by atoms with E-state index in [0.717, 1.165) is 6.54 Å². The van der Waals surface area contributed by atoms with Crippen LogP contribution in [-0.2, 0) is 4.74 Å². The van der Waals surface area contributed by atoms with Gasteiger partial charge in [0.25, 0.3) is 0 Å². The van der Waals surface area contributed by atoms with Crippen LogP contribution < -0.4 is 0 Å². The van der Waals surface area contributed by atoms with Crippen molar-refractivity contribution in [1.29, 1.82) is 0 Å². The summed E-state index contributed by atoms with van der Waals surface area (Å²) in [6, 6.07) is 0. The second-order valence-electron chi connectivity index (χ2n) is 3.99. The van der Waals surface area contributed by atoms with Crippen molar-refractivity contribution in [1.82, 2.24) is 4.90 Å². The molecule has 0 spiro atoms. The SMILES string of the molecule is CC(C)(C)N1CO[C@H](CO)C1. The molecule has 0 aromatic carbocycles. The maximum absolute atomic E-state index is 8.80. The van der Waals surface area contributed by atoms with Gasteiger partial charge in [-0.25, -0.2) is 0 Å². The Bertz CT molecular complexity index is 131. The third kappa shape index (κ3) is 2.15. The lowest BCUT2D eigenvalue weighted by Gasteiger charge is -2.29. The van der Waals surface area contributed by atoms with E-state index >= 15 is 0 Å². The van der Waals surface area contributed by atoms with Crippen LogP contribution in [0.1, 0.15) is 20.8 Å². The Hall–Kier alpha value is -0.120. The highest BCUT2D eigenvalue weighted by molar-refractivity contribution is 4.80. The molecular weight excluding hydrogens is 142 g/mol. The average Bonchev–Trinajstić information content (AvgIpc) is 2.32. The topological polar surface area (TPSA) is 32.7 Å². The summed E-state index contributed by atoms with van der Waals surface area (Å²) in [4.78, 5) is 2.22.